The third-order valence-electron chi connectivity index (χ3n) is 4.20. The summed E-state index contributed by atoms with van der Waals surface area (Å²) in [5, 5.41) is 14.0. The molecule has 0 amide bonds. The van der Waals surface area contributed by atoms with Crippen molar-refractivity contribution in [3.8, 4) is 0 Å². The Morgan fingerprint density at radius 1 is 0.880 bits per heavy atom. The first-order valence-corrected chi connectivity index (χ1v) is 8.58. The van der Waals surface area contributed by atoms with E-state index in [0.29, 0.717) is 11.9 Å². The van der Waals surface area contributed by atoms with Crippen LogP contribution in [-0.2, 0) is 0 Å². The summed E-state index contributed by atoms with van der Waals surface area (Å²) in [7, 11) is 0. The van der Waals surface area contributed by atoms with Gasteiger partial charge in [0.1, 0.15) is 5.82 Å². The molecule has 2 aromatic heterocycles. The summed E-state index contributed by atoms with van der Waals surface area (Å²) in [5.41, 5.74) is 5.49. The molecule has 4 rings (SSSR count). The van der Waals surface area contributed by atoms with E-state index < -0.39 is 0 Å². The lowest BCUT2D eigenvalue weighted by molar-refractivity contribution is 0.966. The average Bonchev–Trinajstić information content (AvgIpc) is 3.26. The topological polar surface area (TPSA) is 78.5 Å². The van der Waals surface area contributed by atoms with Gasteiger partial charge in [0.05, 0.1) is 0 Å². The summed E-state index contributed by atoms with van der Waals surface area (Å²) in [5.74, 6) is 2.74. The Bertz CT molecular complexity index is 890. The van der Waals surface area contributed by atoms with Crippen molar-refractivity contribution < 1.29 is 0 Å². The fourth-order valence-corrected chi connectivity index (χ4v) is 3.00. The molecular formula is C19H22N6. The summed E-state index contributed by atoms with van der Waals surface area (Å²) in [6.45, 7) is 6.12. The van der Waals surface area contributed by atoms with Crippen LogP contribution in [-0.4, -0.2) is 20.2 Å². The number of hydrogen-bond donors (Lipinski definition) is 3. The maximum atomic E-state index is 4.57. The summed E-state index contributed by atoms with van der Waals surface area (Å²) < 4.78 is 0. The molecule has 1 aliphatic rings. The fraction of sp³-hybridized carbons (Fsp3) is 0.316. The molecule has 0 spiro atoms. The normalized spacial score (nSPS) is 13.7. The fourth-order valence-electron chi connectivity index (χ4n) is 3.00. The van der Waals surface area contributed by atoms with Gasteiger partial charge < -0.3 is 10.6 Å². The molecule has 0 saturated heterocycles. The zero-order valence-electron chi connectivity index (χ0n) is 14.7. The minimum Gasteiger partial charge on any atom is -0.324 e. The molecule has 25 heavy (non-hydrogen) atoms. The number of benzene rings is 1. The highest BCUT2D eigenvalue weighted by atomic mass is 15.2. The van der Waals surface area contributed by atoms with Gasteiger partial charge in [-0.2, -0.15) is 10.1 Å². The van der Waals surface area contributed by atoms with E-state index in [-0.39, 0.29) is 0 Å². The maximum Gasteiger partial charge on any atom is 0.229 e. The van der Waals surface area contributed by atoms with Crippen LogP contribution in [0.3, 0.4) is 0 Å². The number of nitrogens with zero attached hydrogens (tertiary/aromatic N) is 3. The Morgan fingerprint density at radius 3 is 2.36 bits per heavy atom. The van der Waals surface area contributed by atoms with Gasteiger partial charge in [0, 0.05) is 35.1 Å². The van der Waals surface area contributed by atoms with Crippen LogP contribution in [0.25, 0.3) is 0 Å². The van der Waals surface area contributed by atoms with E-state index in [2.05, 4.69) is 68.9 Å². The smallest absolute Gasteiger partial charge is 0.229 e. The molecule has 1 saturated carbocycles. The Hall–Kier alpha value is -2.89. The van der Waals surface area contributed by atoms with Gasteiger partial charge in [-0.05, 0) is 56.9 Å². The van der Waals surface area contributed by atoms with Crippen LogP contribution in [0.4, 0.5) is 23.3 Å². The average molecular weight is 334 g/mol. The number of aromatic nitrogens is 4. The predicted molar refractivity (Wildman–Crippen MR) is 99.8 cm³/mol. The number of aryl methyl sites for hydroxylation is 3. The number of anilines is 4. The Morgan fingerprint density at radius 2 is 1.64 bits per heavy atom. The van der Waals surface area contributed by atoms with Gasteiger partial charge in [-0.3, -0.25) is 5.10 Å². The third-order valence-corrected chi connectivity index (χ3v) is 4.20. The van der Waals surface area contributed by atoms with Crippen molar-refractivity contribution >= 4 is 23.3 Å². The zero-order valence-corrected chi connectivity index (χ0v) is 14.7. The van der Waals surface area contributed by atoms with Gasteiger partial charge in [-0.25, -0.2) is 4.98 Å². The van der Waals surface area contributed by atoms with E-state index in [1.54, 1.807) is 0 Å². The van der Waals surface area contributed by atoms with Crippen molar-refractivity contribution in [2.24, 2.45) is 0 Å². The third kappa shape index (κ3) is 3.79. The monoisotopic (exact) mass is 334 g/mol. The highest BCUT2D eigenvalue weighted by molar-refractivity contribution is 5.59. The molecule has 128 valence electrons. The maximum absolute atomic E-state index is 4.57. The molecule has 0 bridgehead atoms. The molecule has 6 heteroatoms. The van der Waals surface area contributed by atoms with Crippen molar-refractivity contribution in [3.05, 3.63) is 52.8 Å². The highest BCUT2D eigenvalue weighted by Crippen LogP contribution is 2.39. The first-order chi connectivity index (χ1) is 12.0. The van der Waals surface area contributed by atoms with Crippen molar-refractivity contribution in [1.29, 1.82) is 0 Å². The largest absolute Gasteiger partial charge is 0.324 e. The number of hydrogen-bond acceptors (Lipinski definition) is 5. The van der Waals surface area contributed by atoms with E-state index in [4.69, 9.17) is 0 Å². The zero-order chi connectivity index (χ0) is 17.4. The van der Waals surface area contributed by atoms with Crippen LogP contribution in [0.2, 0.25) is 0 Å². The number of H-pyrrole nitrogens is 1. The number of nitrogens with one attached hydrogen (secondary N) is 3. The first kappa shape index (κ1) is 15.6. The van der Waals surface area contributed by atoms with Gasteiger partial charge in [0.15, 0.2) is 5.82 Å². The second kappa shape index (κ2) is 6.20. The van der Waals surface area contributed by atoms with Crippen molar-refractivity contribution in [2.75, 3.05) is 10.6 Å². The lowest BCUT2D eigenvalue weighted by Crippen LogP contribution is -2.03. The minimum atomic E-state index is 0.574. The first-order valence-electron chi connectivity index (χ1n) is 8.58. The molecule has 1 aromatic carbocycles. The summed E-state index contributed by atoms with van der Waals surface area (Å²) >= 11 is 0. The molecule has 0 unspecified atom stereocenters. The van der Waals surface area contributed by atoms with Crippen molar-refractivity contribution in [3.63, 3.8) is 0 Å². The van der Waals surface area contributed by atoms with Crippen LogP contribution in [0.15, 0.2) is 30.3 Å². The second-order valence-electron chi connectivity index (χ2n) is 6.83. The van der Waals surface area contributed by atoms with Crippen LogP contribution in [0.1, 0.15) is 41.3 Å². The molecule has 3 N–H and O–H groups in total. The van der Waals surface area contributed by atoms with E-state index in [1.807, 2.05) is 13.0 Å². The van der Waals surface area contributed by atoms with Crippen LogP contribution in [0, 0.1) is 20.8 Å². The summed E-state index contributed by atoms with van der Waals surface area (Å²) in [4.78, 5) is 9.05. The lowest BCUT2D eigenvalue weighted by atomic mass is 10.1. The van der Waals surface area contributed by atoms with Crippen LogP contribution >= 0.6 is 0 Å². The minimum absolute atomic E-state index is 0.574. The quantitative estimate of drug-likeness (QED) is 0.641. The summed E-state index contributed by atoms with van der Waals surface area (Å²) in [6.07, 6.45) is 2.50. The SMILES string of the molecule is Cc1cc(C)cc(Nc2nc(C)cc(Nc3cc(C4CC4)[nH]n3)n2)c1. The van der Waals surface area contributed by atoms with Gasteiger partial charge in [-0.15, -0.1) is 0 Å². The molecule has 3 aromatic rings. The lowest BCUT2D eigenvalue weighted by Gasteiger charge is -2.10. The molecular weight excluding hydrogens is 312 g/mol. The van der Waals surface area contributed by atoms with Crippen molar-refractivity contribution in [2.45, 2.75) is 39.5 Å². The van der Waals surface area contributed by atoms with E-state index in [1.165, 1.54) is 29.7 Å². The van der Waals surface area contributed by atoms with E-state index in [9.17, 15) is 0 Å². The molecule has 0 atom stereocenters. The van der Waals surface area contributed by atoms with Crippen molar-refractivity contribution in [1.82, 2.24) is 20.2 Å². The van der Waals surface area contributed by atoms with Gasteiger partial charge in [-0.1, -0.05) is 6.07 Å². The number of aromatic amines is 1. The van der Waals surface area contributed by atoms with Gasteiger partial charge in [0.2, 0.25) is 5.95 Å². The molecule has 0 aliphatic heterocycles. The van der Waals surface area contributed by atoms with E-state index in [0.717, 1.165) is 23.0 Å². The number of rotatable bonds is 5. The highest BCUT2D eigenvalue weighted by Gasteiger charge is 2.25. The molecule has 1 fully saturated rings. The van der Waals surface area contributed by atoms with Crippen LogP contribution < -0.4 is 10.6 Å². The Kier molecular flexibility index (Phi) is 3.87. The molecule has 0 radical (unpaired) electrons. The van der Waals surface area contributed by atoms with Gasteiger partial charge in [0.25, 0.3) is 0 Å². The van der Waals surface area contributed by atoms with Gasteiger partial charge >= 0.3 is 0 Å². The molecule has 1 aliphatic carbocycles. The summed E-state index contributed by atoms with van der Waals surface area (Å²) in [6, 6.07) is 10.3. The van der Waals surface area contributed by atoms with Crippen LogP contribution in [0.5, 0.6) is 0 Å². The standard InChI is InChI=1S/C19H22N6/c1-11-6-12(2)8-15(7-11)21-19-20-13(3)9-17(23-19)22-18-10-16(24-25-18)14-4-5-14/h6-10,14H,4-5H2,1-3H3,(H3,20,21,22,23,24,25). The Labute approximate surface area is 147 Å². The second-order valence-corrected chi connectivity index (χ2v) is 6.83. The Balaban J connectivity index is 1.54. The predicted octanol–water partition coefficient (Wildman–Crippen LogP) is 4.49. The molecule has 2 heterocycles. The molecule has 6 nitrogen and oxygen atoms in total. The van der Waals surface area contributed by atoms with E-state index >= 15 is 0 Å².